The summed E-state index contributed by atoms with van der Waals surface area (Å²) in [5.74, 6) is -0.764. The van der Waals surface area contributed by atoms with Crippen LogP contribution in [0.4, 0.5) is 15.2 Å². The maximum absolute atomic E-state index is 13.8. The van der Waals surface area contributed by atoms with Crippen molar-refractivity contribution >= 4 is 55.8 Å². The van der Waals surface area contributed by atoms with Gasteiger partial charge in [-0.1, -0.05) is 39.0 Å². The first kappa shape index (κ1) is 18.6. The Bertz CT molecular complexity index is 755. The number of benzene rings is 1. The first-order valence-corrected chi connectivity index (χ1v) is 10.1. The summed E-state index contributed by atoms with van der Waals surface area (Å²) >= 11 is 5.94. The van der Waals surface area contributed by atoms with Crippen LogP contribution in [-0.2, 0) is 9.53 Å². The summed E-state index contributed by atoms with van der Waals surface area (Å²) in [5.41, 5.74) is 0.159. The summed E-state index contributed by atoms with van der Waals surface area (Å²) in [6.07, 6.45) is 0. The largest absolute Gasteiger partial charge is 0.378 e. The van der Waals surface area contributed by atoms with Crippen molar-refractivity contribution in [1.82, 2.24) is 10.2 Å². The Labute approximate surface area is 161 Å². The number of thioether (sulfide) groups is 1. The third kappa shape index (κ3) is 4.90. The van der Waals surface area contributed by atoms with E-state index in [-0.39, 0.29) is 11.6 Å². The summed E-state index contributed by atoms with van der Waals surface area (Å²) < 4.78 is 20.5. The maximum Gasteiger partial charge on any atom is 0.237 e. The van der Waals surface area contributed by atoms with Crippen LogP contribution in [0.3, 0.4) is 0 Å². The Morgan fingerprint density at radius 1 is 1.44 bits per heavy atom. The van der Waals surface area contributed by atoms with Gasteiger partial charge >= 0.3 is 0 Å². The molecule has 1 unspecified atom stereocenters. The zero-order chi connectivity index (χ0) is 17.8. The number of ether oxygens (including phenoxy) is 1. The van der Waals surface area contributed by atoms with Gasteiger partial charge in [0.1, 0.15) is 5.82 Å². The van der Waals surface area contributed by atoms with E-state index in [2.05, 4.69) is 36.3 Å². The van der Waals surface area contributed by atoms with Gasteiger partial charge in [0.05, 0.1) is 24.2 Å². The molecule has 0 aliphatic carbocycles. The second-order valence-corrected chi connectivity index (χ2v) is 8.78. The molecule has 6 nitrogen and oxygen atoms in total. The molecule has 25 heavy (non-hydrogen) atoms. The molecule has 1 amide bonds. The van der Waals surface area contributed by atoms with Crippen molar-refractivity contribution in [2.45, 2.75) is 16.5 Å². The van der Waals surface area contributed by atoms with E-state index in [0.29, 0.717) is 22.0 Å². The molecule has 1 saturated heterocycles. The molecule has 0 saturated carbocycles. The van der Waals surface area contributed by atoms with Crippen molar-refractivity contribution in [3.63, 3.8) is 0 Å². The third-order valence-corrected chi connectivity index (χ3v) is 6.17. The molecule has 3 rings (SSSR count). The zero-order valence-corrected chi connectivity index (χ0v) is 16.6. The fraction of sp³-hybridized carbons (Fsp3) is 0.400. The first-order valence-electron chi connectivity index (χ1n) is 7.61. The molecule has 1 N–H and O–H groups in total. The van der Waals surface area contributed by atoms with Crippen molar-refractivity contribution in [3.05, 3.63) is 28.5 Å². The van der Waals surface area contributed by atoms with Crippen LogP contribution in [0.5, 0.6) is 0 Å². The second-order valence-electron chi connectivity index (χ2n) is 5.32. The average molecular weight is 447 g/mol. The highest BCUT2D eigenvalue weighted by Gasteiger charge is 2.21. The molecule has 0 spiro atoms. The average Bonchev–Trinajstić information content (AvgIpc) is 3.06. The van der Waals surface area contributed by atoms with Crippen molar-refractivity contribution in [2.24, 2.45) is 0 Å². The Morgan fingerprint density at radius 3 is 2.92 bits per heavy atom. The van der Waals surface area contributed by atoms with Gasteiger partial charge in [-0.2, -0.15) is 0 Å². The molecular formula is C15H16BrFN4O2S2. The number of hydrogen-bond donors (Lipinski definition) is 1. The van der Waals surface area contributed by atoms with Crippen LogP contribution in [0.1, 0.15) is 6.92 Å². The number of morpholine rings is 1. The summed E-state index contributed by atoms with van der Waals surface area (Å²) in [6, 6.07) is 4.51. The van der Waals surface area contributed by atoms with Crippen molar-refractivity contribution in [3.8, 4) is 0 Å². The van der Waals surface area contributed by atoms with Gasteiger partial charge in [-0.3, -0.25) is 4.79 Å². The van der Waals surface area contributed by atoms with E-state index in [1.54, 1.807) is 13.0 Å². The first-order chi connectivity index (χ1) is 12.0. The Balaban J connectivity index is 1.58. The van der Waals surface area contributed by atoms with Gasteiger partial charge in [-0.05, 0) is 25.1 Å². The van der Waals surface area contributed by atoms with Gasteiger partial charge in [0.25, 0.3) is 0 Å². The molecule has 10 heteroatoms. The summed E-state index contributed by atoms with van der Waals surface area (Å²) in [6.45, 7) is 4.70. The number of carbonyl (C=O) groups is 1. The monoisotopic (exact) mass is 446 g/mol. The molecule has 0 bridgehead atoms. The Kier molecular flexibility index (Phi) is 6.26. The smallest absolute Gasteiger partial charge is 0.237 e. The lowest BCUT2D eigenvalue weighted by molar-refractivity contribution is -0.115. The third-order valence-electron chi connectivity index (χ3n) is 3.51. The SMILES string of the molecule is CC(Sc1nnc(N2CCOCC2)s1)C(=O)Nc1ccc(Br)cc1F. The standard InChI is InChI=1S/C15H16BrFN4O2S2/c1-9(13(22)18-12-3-2-10(16)8-11(12)17)24-15-20-19-14(25-15)21-4-6-23-7-5-21/h2-3,8-9H,4-7H2,1H3,(H,18,22). The molecular weight excluding hydrogens is 431 g/mol. The fourth-order valence-corrected chi connectivity index (χ4v) is 4.53. The molecule has 1 aromatic heterocycles. The predicted molar refractivity (Wildman–Crippen MR) is 101 cm³/mol. The normalized spacial score (nSPS) is 15.9. The van der Waals surface area contributed by atoms with Crippen LogP contribution in [0, 0.1) is 5.82 Å². The molecule has 1 aromatic carbocycles. The second kappa shape index (κ2) is 8.43. The summed E-state index contributed by atoms with van der Waals surface area (Å²) in [4.78, 5) is 14.4. The van der Waals surface area contributed by atoms with E-state index in [4.69, 9.17) is 4.74 Å². The van der Waals surface area contributed by atoms with E-state index in [9.17, 15) is 9.18 Å². The van der Waals surface area contributed by atoms with Crippen LogP contribution in [-0.4, -0.2) is 47.7 Å². The van der Waals surface area contributed by atoms with Crippen LogP contribution in [0.2, 0.25) is 0 Å². The lowest BCUT2D eigenvalue weighted by Gasteiger charge is -2.25. The molecule has 1 fully saturated rings. The molecule has 134 valence electrons. The van der Waals surface area contributed by atoms with Crippen molar-refractivity contribution < 1.29 is 13.9 Å². The lowest BCUT2D eigenvalue weighted by Crippen LogP contribution is -2.36. The van der Waals surface area contributed by atoms with Gasteiger partial charge < -0.3 is 15.0 Å². The van der Waals surface area contributed by atoms with Gasteiger partial charge in [-0.25, -0.2) is 4.39 Å². The number of amides is 1. The number of carbonyl (C=O) groups excluding carboxylic acids is 1. The van der Waals surface area contributed by atoms with Gasteiger partial charge in [0, 0.05) is 17.6 Å². The lowest BCUT2D eigenvalue weighted by atomic mass is 10.3. The number of nitrogens with one attached hydrogen (secondary N) is 1. The number of nitrogens with zero attached hydrogens (tertiary/aromatic N) is 3. The van der Waals surface area contributed by atoms with Crippen LogP contribution in [0.15, 0.2) is 27.0 Å². The quantitative estimate of drug-likeness (QED) is 0.709. The maximum atomic E-state index is 13.8. The minimum Gasteiger partial charge on any atom is -0.378 e. The van der Waals surface area contributed by atoms with Gasteiger partial charge in [0.2, 0.25) is 11.0 Å². The Morgan fingerprint density at radius 2 is 2.20 bits per heavy atom. The van der Waals surface area contributed by atoms with Gasteiger partial charge in [-0.15, -0.1) is 10.2 Å². The molecule has 2 heterocycles. The van der Waals surface area contributed by atoms with E-state index in [1.807, 2.05) is 0 Å². The van der Waals surface area contributed by atoms with E-state index >= 15 is 0 Å². The zero-order valence-electron chi connectivity index (χ0n) is 13.4. The van der Waals surface area contributed by atoms with Crippen LogP contribution >= 0.6 is 39.0 Å². The molecule has 2 aromatic rings. The van der Waals surface area contributed by atoms with Crippen molar-refractivity contribution in [2.75, 3.05) is 36.5 Å². The predicted octanol–water partition coefficient (Wildman–Crippen LogP) is 3.40. The fourth-order valence-electron chi connectivity index (χ4n) is 2.16. The number of rotatable bonds is 5. The topological polar surface area (TPSA) is 67.3 Å². The summed E-state index contributed by atoms with van der Waals surface area (Å²) in [5, 5.41) is 11.3. The Hall–Kier alpha value is -1.23. The minimum atomic E-state index is -0.481. The van der Waals surface area contributed by atoms with E-state index in [1.165, 1.54) is 35.2 Å². The highest BCUT2D eigenvalue weighted by molar-refractivity contribution is 9.10. The van der Waals surface area contributed by atoms with Crippen LogP contribution in [0.25, 0.3) is 0 Å². The van der Waals surface area contributed by atoms with E-state index in [0.717, 1.165) is 18.2 Å². The molecule has 1 aliphatic rings. The van der Waals surface area contributed by atoms with Crippen LogP contribution < -0.4 is 10.2 Å². The van der Waals surface area contributed by atoms with Crippen molar-refractivity contribution in [1.29, 1.82) is 0 Å². The number of anilines is 2. The van der Waals surface area contributed by atoms with E-state index < -0.39 is 11.1 Å². The number of halogens is 2. The van der Waals surface area contributed by atoms with Gasteiger partial charge in [0.15, 0.2) is 4.34 Å². The molecule has 1 aliphatic heterocycles. The highest BCUT2D eigenvalue weighted by atomic mass is 79.9. The molecule has 1 atom stereocenters. The summed E-state index contributed by atoms with van der Waals surface area (Å²) in [7, 11) is 0. The number of hydrogen-bond acceptors (Lipinski definition) is 7. The minimum absolute atomic E-state index is 0.159. The highest BCUT2D eigenvalue weighted by Crippen LogP contribution is 2.31. The molecule has 0 radical (unpaired) electrons. The number of aromatic nitrogens is 2.